The van der Waals surface area contributed by atoms with Crippen molar-refractivity contribution >= 4 is 11.7 Å². The monoisotopic (exact) mass is 556 g/mol. The summed E-state index contributed by atoms with van der Waals surface area (Å²) in [5.41, 5.74) is 2.78. The first-order valence-corrected chi connectivity index (χ1v) is 13.7. The lowest BCUT2D eigenvalue weighted by Gasteiger charge is -2.41. The van der Waals surface area contributed by atoms with Crippen molar-refractivity contribution in [2.45, 2.75) is 38.9 Å². The fraction of sp³-hybridized carbons (Fsp3) is 0.367. The standard InChI is InChI=1S/C30H36N8O3/c1-21(2)24-15-28(35-30(34-24)37-12-11-32-20-37)38-14-13-36(18-22-7-6-10-31-16-22)19-25(38)29(39)33-17-23-26(40-3)8-5-9-27(23)41-4/h5-12,15-16,20-21,25H,13-14,17-19H2,1-4H3,(H,33,39). The molecule has 5 rings (SSSR count). The highest BCUT2D eigenvalue weighted by Crippen LogP contribution is 2.29. The molecule has 1 atom stereocenters. The Kier molecular flexibility index (Phi) is 8.73. The van der Waals surface area contributed by atoms with E-state index in [9.17, 15) is 4.79 Å². The predicted molar refractivity (Wildman–Crippen MR) is 155 cm³/mol. The van der Waals surface area contributed by atoms with Gasteiger partial charge in [0, 0.05) is 57.0 Å². The number of aromatic nitrogens is 5. The number of hydrogen-bond acceptors (Lipinski definition) is 9. The van der Waals surface area contributed by atoms with Crippen molar-refractivity contribution in [1.82, 2.24) is 34.7 Å². The molecule has 4 heterocycles. The molecule has 1 aliphatic rings. The summed E-state index contributed by atoms with van der Waals surface area (Å²) in [6, 6.07) is 11.1. The summed E-state index contributed by atoms with van der Waals surface area (Å²) in [5, 5.41) is 3.14. The molecule has 3 aromatic heterocycles. The highest BCUT2D eigenvalue weighted by molar-refractivity contribution is 5.85. The molecule has 1 saturated heterocycles. The number of anilines is 1. The number of ether oxygens (including phenoxy) is 2. The van der Waals surface area contributed by atoms with Gasteiger partial charge in [0.05, 0.1) is 32.0 Å². The van der Waals surface area contributed by atoms with Crippen LogP contribution >= 0.6 is 0 Å². The summed E-state index contributed by atoms with van der Waals surface area (Å²) in [4.78, 5) is 36.4. The van der Waals surface area contributed by atoms with E-state index in [1.165, 1.54) is 0 Å². The maximum atomic E-state index is 14.0. The molecular formula is C30H36N8O3. The second-order valence-electron chi connectivity index (χ2n) is 10.2. The number of methoxy groups -OCH3 is 2. The van der Waals surface area contributed by atoms with Gasteiger partial charge in [-0.05, 0) is 29.7 Å². The number of amides is 1. The Hall–Kier alpha value is -4.51. The molecule has 11 nitrogen and oxygen atoms in total. The average molecular weight is 557 g/mol. The summed E-state index contributed by atoms with van der Waals surface area (Å²) in [6.45, 7) is 7.06. The fourth-order valence-corrected chi connectivity index (χ4v) is 5.00. The van der Waals surface area contributed by atoms with Gasteiger partial charge in [0.25, 0.3) is 0 Å². The number of imidazole rings is 1. The van der Waals surface area contributed by atoms with Crippen LogP contribution in [0.5, 0.6) is 11.5 Å². The average Bonchev–Trinajstić information content (AvgIpc) is 3.55. The molecule has 4 aromatic rings. The lowest BCUT2D eigenvalue weighted by Crippen LogP contribution is -2.59. The topological polar surface area (TPSA) is 111 Å². The normalized spacial score (nSPS) is 15.6. The molecule has 0 bridgehead atoms. The second-order valence-corrected chi connectivity index (χ2v) is 10.2. The van der Waals surface area contributed by atoms with E-state index >= 15 is 0 Å². The van der Waals surface area contributed by atoms with Gasteiger partial charge in [0.2, 0.25) is 11.9 Å². The number of hydrogen-bond donors (Lipinski definition) is 1. The van der Waals surface area contributed by atoms with Gasteiger partial charge in [-0.2, -0.15) is 4.98 Å². The van der Waals surface area contributed by atoms with Gasteiger partial charge >= 0.3 is 0 Å². The molecule has 1 N–H and O–H groups in total. The zero-order chi connectivity index (χ0) is 28.8. The number of pyridine rings is 1. The molecule has 0 spiro atoms. The largest absolute Gasteiger partial charge is 0.496 e. The Balaban J connectivity index is 1.45. The van der Waals surface area contributed by atoms with Gasteiger partial charge in [0.1, 0.15) is 29.7 Å². The molecule has 1 aliphatic heterocycles. The summed E-state index contributed by atoms with van der Waals surface area (Å²) in [6.07, 6.45) is 8.83. The van der Waals surface area contributed by atoms with Crippen LogP contribution in [0.15, 0.2) is 67.5 Å². The van der Waals surface area contributed by atoms with Gasteiger partial charge in [-0.15, -0.1) is 0 Å². The lowest BCUT2D eigenvalue weighted by molar-refractivity contribution is -0.123. The highest BCUT2D eigenvalue weighted by Gasteiger charge is 2.34. The Morgan fingerprint density at radius 1 is 1.05 bits per heavy atom. The van der Waals surface area contributed by atoms with Gasteiger partial charge in [-0.1, -0.05) is 26.0 Å². The van der Waals surface area contributed by atoms with E-state index in [4.69, 9.17) is 19.4 Å². The first kappa shape index (κ1) is 28.0. The minimum absolute atomic E-state index is 0.109. The van der Waals surface area contributed by atoms with Crippen LogP contribution in [0.1, 0.15) is 36.6 Å². The van der Waals surface area contributed by atoms with Gasteiger partial charge < -0.3 is 19.7 Å². The third-order valence-corrected chi connectivity index (χ3v) is 7.21. The van der Waals surface area contributed by atoms with Crippen LogP contribution < -0.4 is 19.7 Å². The summed E-state index contributed by atoms with van der Waals surface area (Å²) >= 11 is 0. The number of carbonyl (C=O) groups excluding carboxylic acids is 1. The van der Waals surface area contributed by atoms with E-state index in [2.05, 4.69) is 45.0 Å². The van der Waals surface area contributed by atoms with E-state index in [0.717, 1.165) is 23.4 Å². The number of nitrogens with one attached hydrogen (secondary N) is 1. The molecule has 0 aliphatic carbocycles. The number of benzene rings is 1. The van der Waals surface area contributed by atoms with Crippen LogP contribution in [-0.2, 0) is 17.9 Å². The van der Waals surface area contributed by atoms with E-state index in [-0.39, 0.29) is 18.4 Å². The first-order chi connectivity index (χ1) is 20.0. The van der Waals surface area contributed by atoms with Crippen molar-refractivity contribution in [3.05, 3.63) is 84.3 Å². The maximum Gasteiger partial charge on any atom is 0.244 e. The number of rotatable bonds is 10. The summed E-state index contributed by atoms with van der Waals surface area (Å²) in [5.74, 6) is 2.62. The van der Waals surface area contributed by atoms with E-state index < -0.39 is 6.04 Å². The minimum Gasteiger partial charge on any atom is -0.496 e. The van der Waals surface area contributed by atoms with Crippen molar-refractivity contribution in [3.8, 4) is 17.4 Å². The Morgan fingerprint density at radius 3 is 2.51 bits per heavy atom. The molecule has 1 unspecified atom stereocenters. The fourth-order valence-electron chi connectivity index (χ4n) is 5.00. The summed E-state index contributed by atoms with van der Waals surface area (Å²) < 4.78 is 12.9. The van der Waals surface area contributed by atoms with Crippen molar-refractivity contribution in [2.75, 3.05) is 38.8 Å². The summed E-state index contributed by atoms with van der Waals surface area (Å²) in [7, 11) is 3.22. The third kappa shape index (κ3) is 6.46. The van der Waals surface area contributed by atoms with Crippen molar-refractivity contribution < 1.29 is 14.3 Å². The SMILES string of the molecule is COc1cccc(OC)c1CNC(=O)C1CN(Cc2cccnc2)CCN1c1cc(C(C)C)nc(-n2ccnc2)n1. The Morgan fingerprint density at radius 2 is 1.85 bits per heavy atom. The van der Waals surface area contributed by atoms with Crippen LogP contribution in [0.25, 0.3) is 5.95 Å². The van der Waals surface area contributed by atoms with Gasteiger partial charge in [-0.3, -0.25) is 19.2 Å². The van der Waals surface area contributed by atoms with E-state index in [0.29, 0.717) is 42.9 Å². The number of carbonyl (C=O) groups is 1. The molecule has 0 radical (unpaired) electrons. The second kappa shape index (κ2) is 12.8. The van der Waals surface area contributed by atoms with Crippen LogP contribution in [0.2, 0.25) is 0 Å². The smallest absolute Gasteiger partial charge is 0.244 e. The molecule has 0 saturated carbocycles. The quantitative estimate of drug-likeness (QED) is 0.315. The Bertz CT molecular complexity index is 1420. The molecule has 41 heavy (non-hydrogen) atoms. The Labute approximate surface area is 240 Å². The van der Waals surface area contributed by atoms with Crippen LogP contribution in [-0.4, -0.2) is 75.2 Å². The molecule has 1 fully saturated rings. The molecule has 1 amide bonds. The molecule has 1 aromatic carbocycles. The number of nitrogens with zero attached hydrogens (tertiary/aromatic N) is 7. The van der Waals surface area contributed by atoms with E-state index in [1.807, 2.05) is 42.7 Å². The molecule has 11 heteroatoms. The first-order valence-electron chi connectivity index (χ1n) is 13.7. The highest BCUT2D eigenvalue weighted by atomic mass is 16.5. The van der Waals surface area contributed by atoms with Gasteiger partial charge in [-0.25, -0.2) is 9.97 Å². The molecular weight excluding hydrogens is 520 g/mol. The maximum absolute atomic E-state index is 14.0. The van der Waals surface area contributed by atoms with Crippen molar-refractivity contribution in [1.29, 1.82) is 0 Å². The lowest BCUT2D eigenvalue weighted by atomic mass is 10.1. The van der Waals surface area contributed by atoms with E-state index in [1.54, 1.807) is 37.5 Å². The molecule has 214 valence electrons. The zero-order valence-electron chi connectivity index (χ0n) is 23.9. The van der Waals surface area contributed by atoms with Crippen LogP contribution in [0, 0.1) is 0 Å². The van der Waals surface area contributed by atoms with Crippen LogP contribution in [0.4, 0.5) is 5.82 Å². The van der Waals surface area contributed by atoms with Crippen LogP contribution in [0.3, 0.4) is 0 Å². The zero-order valence-corrected chi connectivity index (χ0v) is 23.9. The minimum atomic E-state index is -0.494. The third-order valence-electron chi connectivity index (χ3n) is 7.21. The van der Waals surface area contributed by atoms with Crippen molar-refractivity contribution in [3.63, 3.8) is 0 Å². The predicted octanol–water partition coefficient (Wildman–Crippen LogP) is 3.21. The van der Waals surface area contributed by atoms with Crippen molar-refractivity contribution in [2.24, 2.45) is 0 Å². The van der Waals surface area contributed by atoms with Gasteiger partial charge in [0.15, 0.2) is 0 Å². The number of piperazine rings is 1.